The predicted molar refractivity (Wildman–Crippen MR) is 76.0 cm³/mol. The van der Waals surface area contributed by atoms with Gasteiger partial charge in [0.05, 0.1) is 12.7 Å². The van der Waals surface area contributed by atoms with Gasteiger partial charge in [-0.1, -0.05) is 12.1 Å². The molecule has 0 amide bonds. The molecule has 4 nitrogen and oxygen atoms in total. The second-order valence-corrected chi connectivity index (χ2v) is 4.46. The van der Waals surface area contributed by atoms with Crippen molar-refractivity contribution in [3.05, 3.63) is 48.0 Å². The molecule has 0 unspecified atom stereocenters. The van der Waals surface area contributed by atoms with Crippen LogP contribution < -0.4 is 4.74 Å². The van der Waals surface area contributed by atoms with Crippen LogP contribution in [-0.2, 0) is 0 Å². The zero-order chi connectivity index (χ0) is 14.1. The number of para-hydroxylation sites is 1. The van der Waals surface area contributed by atoms with Gasteiger partial charge in [-0.15, -0.1) is 0 Å². The van der Waals surface area contributed by atoms with Crippen LogP contribution in [0.15, 0.2) is 46.9 Å². The van der Waals surface area contributed by atoms with Crippen molar-refractivity contribution in [2.24, 2.45) is 0 Å². The molecule has 0 atom stereocenters. The van der Waals surface area contributed by atoms with Crippen LogP contribution in [0.3, 0.4) is 0 Å². The first-order chi connectivity index (χ1) is 9.69. The Morgan fingerprint density at radius 2 is 2.00 bits per heavy atom. The van der Waals surface area contributed by atoms with E-state index in [1.165, 1.54) is 6.92 Å². The fraction of sp³-hybridized carbons (Fsp3) is 0.125. The molecule has 3 aromatic rings. The molecule has 100 valence electrons. The molecule has 0 radical (unpaired) electrons. The minimum atomic E-state index is -0.0380. The molecule has 20 heavy (non-hydrogen) atoms. The Morgan fingerprint density at radius 3 is 2.75 bits per heavy atom. The Morgan fingerprint density at radius 1 is 1.20 bits per heavy atom. The third-order valence-corrected chi connectivity index (χ3v) is 3.11. The van der Waals surface area contributed by atoms with Crippen molar-refractivity contribution in [3.8, 4) is 17.2 Å². The number of ketones is 1. The van der Waals surface area contributed by atoms with E-state index >= 15 is 0 Å². The lowest BCUT2D eigenvalue weighted by molar-refractivity contribution is 0.101. The number of fused-ring (bicyclic) bond motifs is 1. The van der Waals surface area contributed by atoms with Crippen molar-refractivity contribution in [1.82, 2.24) is 4.98 Å². The highest BCUT2D eigenvalue weighted by atomic mass is 16.5. The fourth-order valence-electron chi connectivity index (χ4n) is 2.11. The van der Waals surface area contributed by atoms with E-state index in [0.29, 0.717) is 22.6 Å². The molecule has 0 spiro atoms. The lowest BCUT2D eigenvalue weighted by Crippen LogP contribution is -1.91. The van der Waals surface area contributed by atoms with E-state index in [1.54, 1.807) is 19.2 Å². The quantitative estimate of drug-likeness (QED) is 0.679. The maximum atomic E-state index is 11.6. The normalized spacial score (nSPS) is 10.7. The Balaban J connectivity index is 2.17. The molecule has 2 aromatic carbocycles. The van der Waals surface area contributed by atoms with Crippen molar-refractivity contribution in [3.63, 3.8) is 0 Å². The first-order valence-corrected chi connectivity index (χ1v) is 6.24. The van der Waals surface area contributed by atoms with Gasteiger partial charge in [0.2, 0.25) is 5.89 Å². The van der Waals surface area contributed by atoms with Crippen LogP contribution in [0, 0.1) is 0 Å². The third kappa shape index (κ3) is 2.05. The number of benzene rings is 2. The molecule has 3 rings (SSSR count). The summed E-state index contributed by atoms with van der Waals surface area (Å²) in [4.78, 5) is 16.0. The van der Waals surface area contributed by atoms with Crippen molar-refractivity contribution < 1.29 is 13.9 Å². The number of carbonyl (C=O) groups excluding carboxylic acids is 1. The van der Waals surface area contributed by atoms with Crippen LogP contribution in [0.5, 0.6) is 5.75 Å². The summed E-state index contributed by atoms with van der Waals surface area (Å²) in [6.07, 6.45) is 0. The van der Waals surface area contributed by atoms with Gasteiger partial charge in [-0.3, -0.25) is 4.79 Å². The van der Waals surface area contributed by atoms with Gasteiger partial charge in [-0.05, 0) is 37.3 Å². The first-order valence-electron chi connectivity index (χ1n) is 6.24. The summed E-state index contributed by atoms with van der Waals surface area (Å²) in [5.74, 6) is 1.17. The van der Waals surface area contributed by atoms with Gasteiger partial charge in [-0.25, -0.2) is 4.98 Å². The average Bonchev–Trinajstić information content (AvgIpc) is 2.91. The van der Waals surface area contributed by atoms with Crippen LogP contribution in [-0.4, -0.2) is 17.9 Å². The molecule has 0 saturated heterocycles. The van der Waals surface area contributed by atoms with E-state index < -0.39 is 0 Å². The van der Waals surface area contributed by atoms with Crippen molar-refractivity contribution >= 4 is 16.9 Å². The minimum Gasteiger partial charge on any atom is -0.497 e. The average molecular weight is 267 g/mol. The fourth-order valence-corrected chi connectivity index (χ4v) is 2.11. The maximum absolute atomic E-state index is 11.6. The van der Waals surface area contributed by atoms with Gasteiger partial charge in [0.25, 0.3) is 0 Å². The Bertz CT molecular complexity index is 789. The van der Waals surface area contributed by atoms with E-state index in [1.807, 2.05) is 30.3 Å². The molecule has 0 fully saturated rings. The number of nitrogens with zero attached hydrogens (tertiary/aromatic N) is 1. The molecule has 0 bridgehead atoms. The molecule has 1 aromatic heterocycles. The SMILES string of the molecule is COc1cccc(-c2nc3cccc(C(C)=O)c3o2)c1. The zero-order valence-electron chi connectivity index (χ0n) is 11.2. The van der Waals surface area contributed by atoms with E-state index in [-0.39, 0.29) is 5.78 Å². The molecule has 0 aliphatic carbocycles. The topological polar surface area (TPSA) is 52.3 Å². The maximum Gasteiger partial charge on any atom is 0.227 e. The summed E-state index contributed by atoms with van der Waals surface area (Å²) in [6, 6.07) is 12.8. The van der Waals surface area contributed by atoms with E-state index in [0.717, 1.165) is 11.3 Å². The number of Topliss-reactive ketones (excluding diaryl/α,β-unsaturated/α-hetero) is 1. The van der Waals surface area contributed by atoms with Gasteiger partial charge in [0.15, 0.2) is 11.4 Å². The summed E-state index contributed by atoms with van der Waals surface area (Å²) in [6.45, 7) is 1.52. The second-order valence-electron chi connectivity index (χ2n) is 4.46. The molecule has 0 saturated carbocycles. The molecular formula is C16H13NO3. The molecule has 4 heteroatoms. The number of methoxy groups -OCH3 is 1. The Kier molecular flexibility index (Phi) is 2.99. The second kappa shape index (κ2) is 4.81. The number of aromatic nitrogens is 1. The standard InChI is InChI=1S/C16H13NO3/c1-10(18)13-7-4-8-14-15(13)20-16(17-14)11-5-3-6-12(9-11)19-2/h3-9H,1-2H3. The van der Waals surface area contributed by atoms with Gasteiger partial charge < -0.3 is 9.15 Å². The number of hydrogen-bond donors (Lipinski definition) is 0. The highest BCUT2D eigenvalue weighted by Gasteiger charge is 2.14. The van der Waals surface area contributed by atoms with Crippen LogP contribution in [0.25, 0.3) is 22.6 Å². The number of rotatable bonds is 3. The summed E-state index contributed by atoms with van der Waals surface area (Å²) in [7, 11) is 1.61. The van der Waals surface area contributed by atoms with Crippen LogP contribution in [0.4, 0.5) is 0 Å². The summed E-state index contributed by atoms with van der Waals surface area (Å²) < 4.78 is 10.9. The van der Waals surface area contributed by atoms with Crippen molar-refractivity contribution in [2.75, 3.05) is 7.11 Å². The van der Waals surface area contributed by atoms with E-state index in [4.69, 9.17) is 9.15 Å². The smallest absolute Gasteiger partial charge is 0.227 e. The summed E-state index contributed by atoms with van der Waals surface area (Å²) >= 11 is 0. The van der Waals surface area contributed by atoms with Crippen LogP contribution in [0.2, 0.25) is 0 Å². The van der Waals surface area contributed by atoms with Crippen LogP contribution in [0.1, 0.15) is 17.3 Å². The molecule has 1 heterocycles. The molecule has 0 N–H and O–H groups in total. The minimum absolute atomic E-state index is 0.0380. The molecule has 0 aliphatic rings. The van der Waals surface area contributed by atoms with Crippen molar-refractivity contribution in [1.29, 1.82) is 0 Å². The first kappa shape index (κ1) is 12.4. The van der Waals surface area contributed by atoms with Gasteiger partial charge >= 0.3 is 0 Å². The molecule has 0 aliphatic heterocycles. The number of hydrogen-bond acceptors (Lipinski definition) is 4. The summed E-state index contributed by atoms with van der Waals surface area (Å²) in [5, 5.41) is 0. The van der Waals surface area contributed by atoms with Crippen molar-refractivity contribution in [2.45, 2.75) is 6.92 Å². The van der Waals surface area contributed by atoms with Gasteiger partial charge in [-0.2, -0.15) is 0 Å². The van der Waals surface area contributed by atoms with E-state index in [9.17, 15) is 4.79 Å². The third-order valence-electron chi connectivity index (χ3n) is 3.11. The largest absolute Gasteiger partial charge is 0.497 e. The lowest BCUT2D eigenvalue weighted by Gasteiger charge is -2.00. The van der Waals surface area contributed by atoms with E-state index in [2.05, 4.69) is 4.98 Å². The summed E-state index contributed by atoms with van der Waals surface area (Å²) in [5.41, 5.74) is 2.56. The van der Waals surface area contributed by atoms with Gasteiger partial charge in [0.1, 0.15) is 11.3 Å². The molecular weight excluding hydrogens is 254 g/mol. The highest BCUT2D eigenvalue weighted by Crippen LogP contribution is 2.28. The van der Waals surface area contributed by atoms with Crippen LogP contribution >= 0.6 is 0 Å². The highest BCUT2D eigenvalue weighted by molar-refractivity contribution is 6.04. The van der Waals surface area contributed by atoms with Gasteiger partial charge in [0, 0.05) is 5.56 Å². The predicted octanol–water partition coefficient (Wildman–Crippen LogP) is 3.71. The zero-order valence-corrected chi connectivity index (χ0v) is 11.2. The number of carbonyl (C=O) groups is 1. The lowest BCUT2D eigenvalue weighted by atomic mass is 10.1. The Hall–Kier alpha value is -2.62. The monoisotopic (exact) mass is 267 g/mol. The number of ether oxygens (including phenoxy) is 1. The Labute approximate surface area is 116 Å². The number of oxazole rings is 1.